The van der Waals surface area contributed by atoms with Crippen molar-refractivity contribution in [3.63, 3.8) is 0 Å². The summed E-state index contributed by atoms with van der Waals surface area (Å²) in [5, 5.41) is 2.59. The fourth-order valence-electron chi connectivity index (χ4n) is 1.68. The molecular weight excluding hydrogens is 242 g/mol. The lowest BCUT2D eigenvalue weighted by Gasteiger charge is -2.24. The molecular formula is C15H21NO3. The molecule has 19 heavy (non-hydrogen) atoms. The van der Waals surface area contributed by atoms with Crippen molar-refractivity contribution in [3.05, 3.63) is 35.9 Å². The lowest BCUT2D eigenvalue weighted by Crippen LogP contribution is -2.42. The molecule has 1 aromatic rings. The lowest BCUT2D eigenvalue weighted by molar-refractivity contribution is -0.110. The molecule has 4 nitrogen and oxygen atoms in total. The first kappa shape index (κ1) is 15.2. The third-order valence-corrected chi connectivity index (χ3v) is 2.69. The molecule has 104 valence electrons. The number of nitrogens with one attached hydrogen (secondary N) is 1. The van der Waals surface area contributed by atoms with Crippen molar-refractivity contribution in [3.8, 4) is 0 Å². The van der Waals surface area contributed by atoms with Crippen LogP contribution in [0, 0.1) is 0 Å². The number of hydrogen-bond donors (Lipinski definition) is 1. The minimum Gasteiger partial charge on any atom is -0.444 e. The average molecular weight is 263 g/mol. The van der Waals surface area contributed by atoms with Crippen LogP contribution in [0.5, 0.6) is 0 Å². The Labute approximate surface area is 114 Å². The smallest absolute Gasteiger partial charge is 0.408 e. The molecule has 0 heterocycles. The van der Waals surface area contributed by atoms with Gasteiger partial charge in [0, 0.05) is 5.92 Å². The zero-order chi connectivity index (χ0) is 14.5. The Morgan fingerprint density at radius 1 is 1.26 bits per heavy atom. The molecule has 1 unspecified atom stereocenters. The number of ether oxygens (including phenoxy) is 1. The minimum absolute atomic E-state index is 0.105. The predicted octanol–water partition coefficient (Wildman–Crippen LogP) is 2.88. The first-order valence-electron chi connectivity index (χ1n) is 6.33. The van der Waals surface area contributed by atoms with Gasteiger partial charge >= 0.3 is 6.09 Å². The fraction of sp³-hybridized carbons (Fsp3) is 0.467. The van der Waals surface area contributed by atoms with E-state index in [0.29, 0.717) is 0 Å². The summed E-state index contributed by atoms with van der Waals surface area (Å²) in [6, 6.07) is 8.98. The summed E-state index contributed by atoms with van der Waals surface area (Å²) in [5.74, 6) is -0.105. The van der Waals surface area contributed by atoms with Crippen molar-refractivity contribution >= 4 is 12.4 Å². The molecule has 0 radical (unpaired) electrons. The highest BCUT2D eigenvalue weighted by atomic mass is 16.6. The summed E-state index contributed by atoms with van der Waals surface area (Å²) in [5.41, 5.74) is 0.420. The van der Waals surface area contributed by atoms with Crippen molar-refractivity contribution < 1.29 is 14.3 Å². The Hall–Kier alpha value is -1.84. The van der Waals surface area contributed by atoms with Gasteiger partial charge in [0.05, 0.1) is 6.04 Å². The molecule has 0 spiro atoms. The van der Waals surface area contributed by atoms with E-state index in [1.165, 1.54) is 0 Å². The number of carbonyl (C=O) groups is 2. The van der Waals surface area contributed by atoms with Gasteiger partial charge in [-0.3, -0.25) is 0 Å². The summed E-state index contributed by atoms with van der Waals surface area (Å²) in [7, 11) is 0. The maximum Gasteiger partial charge on any atom is 0.408 e. The van der Waals surface area contributed by atoms with E-state index in [1.54, 1.807) is 20.8 Å². The van der Waals surface area contributed by atoms with E-state index in [4.69, 9.17) is 4.74 Å². The number of hydrogen-bond acceptors (Lipinski definition) is 3. The van der Waals surface area contributed by atoms with Crippen molar-refractivity contribution in [2.45, 2.75) is 45.3 Å². The van der Waals surface area contributed by atoms with Crippen molar-refractivity contribution in [1.29, 1.82) is 0 Å². The van der Waals surface area contributed by atoms with Crippen LogP contribution in [-0.2, 0) is 9.53 Å². The standard InChI is InChI=1S/C15H21NO3/c1-11(12-8-6-5-7-9-12)13(10-17)16-14(18)19-15(2,3)4/h5-11,13H,1-4H3,(H,16,18)/t11?,13-/m1/s1. The Bertz CT molecular complexity index is 423. The summed E-state index contributed by atoms with van der Waals surface area (Å²) >= 11 is 0. The molecule has 0 bridgehead atoms. The number of alkyl carbamates (subject to hydrolysis) is 1. The van der Waals surface area contributed by atoms with E-state index >= 15 is 0 Å². The number of amides is 1. The van der Waals surface area contributed by atoms with Gasteiger partial charge in [-0.15, -0.1) is 0 Å². The van der Waals surface area contributed by atoms with E-state index in [2.05, 4.69) is 5.32 Å². The van der Waals surface area contributed by atoms with E-state index in [-0.39, 0.29) is 5.92 Å². The highest BCUT2D eigenvalue weighted by Gasteiger charge is 2.23. The molecule has 0 aliphatic rings. The number of aldehydes is 1. The molecule has 4 heteroatoms. The van der Waals surface area contributed by atoms with E-state index in [1.807, 2.05) is 37.3 Å². The second-order valence-corrected chi connectivity index (χ2v) is 5.51. The van der Waals surface area contributed by atoms with Crippen LogP contribution in [0.1, 0.15) is 39.2 Å². The molecule has 1 N–H and O–H groups in total. The van der Waals surface area contributed by atoms with Gasteiger partial charge in [-0.05, 0) is 26.3 Å². The average Bonchev–Trinajstić information content (AvgIpc) is 2.34. The second-order valence-electron chi connectivity index (χ2n) is 5.51. The van der Waals surface area contributed by atoms with Crippen LogP contribution < -0.4 is 5.32 Å². The van der Waals surface area contributed by atoms with Crippen LogP contribution in [0.3, 0.4) is 0 Å². The van der Waals surface area contributed by atoms with E-state index in [0.717, 1.165) is 11.8 Å². The SMILES string of the molecule is CC(c1ccccc1)[C@@H](C=O)NC(=O)OC(C)(C)C. The largest absolute Gasteiger partial charge is 0.444 e. The van der Waals surface area contributed by atoms with Gasteiger partial charge in [-0.2, -0.15) is 0 Å². The number of rotatable bonds is 4. The zero-order valence-electron chi connectivity index (χ0n) is 11.8. The Balaban J connectivity index is 2.68. The van der Waals surface area contributed by atoms with Crippen LogP contribution >= 0.6 is 0 Å². The second kappa shape index (κ2) is 6.36. The predicted molar refractivity (Wildman–Crippen MR) is 74.1 cm³/mol. The molecule has 0 saturated carbocycles. The summed E-state index contributed by atoms with van der Waals surface area (Å²) in [6.07, 6.45) is 0.161. The van der Waals surface area contributed by atoms with Crippen LogP contribution in [0.15, 0.2) is 30.3 Å². The molecule has 2 atom stereocenters. The molecule has 1 amide bonds. The van der Waals surface area contributed by atoms with Crippen LogP contribution in [-0.4, -0.2) is 24.0 Å². The van der Waals surface area contributed by atoms with Crippen LogP contribution in [0.2, 0.25) is 0 Å². The van der Waals surface area contributed by atoms with Gasteiger partial charge in [-0.1, -0.05) is 37.3 Å². The summed E-state index contributed by atoms with van der Waals surface area (Å²) in [6.45, 7) is 7.24. The van der Waals surface area contributed by atoms with Gasteiger partial charge in [-0.25, -0.2) is 4.79 Å². The van der Waals surface area contributed by atoms with E-state index < -0.39 is 17.7 Å². The van der Waals surface area contributed by atoms with Gasteiger partial charge in [0.2, 0.25) is 0 Å². The molecule has 0 saturated heterocycles. The fourth-order valence-corrected chi connectivity index (χ4v) is 1.68. The molecule has 1 rings (SSSR count). The monoisotopic (exact) mass is 263 g/mol. The highest BCUT2D eigenvalue weighted by Crippen LogP contribution is 2.18. The van der Waals surface area contributed by atoms with Crippen LogP contribution in [0.4, 0.5) is 4.79 Å². The van der Waals surface area contributed by atoms with Gasteiger partial charge in [0.15, 0.2) is 0 Å². The maximum atomic E-state index is 11.7. The first-order chi connectivity index (χ1) is 8.83. The van der Waals surface area contributed by atoms with Gasteiger partial charge in [0.25, 0.3) is 0 Å². The Morgan fingerprint density at radius 3 is 2.32 bits per heavy atom. The third kappa shape index (κ3) is 5.12. The van der Waals surface area contributed by atoms with Crippen molar-refractivity contribution in [1.82, 2.24) is 5.32 Å². The topological polar surface area (TPSA) is 55.4 Å². The summed E-state index contributed by atoms with van der Waals surface area (Å²) in [4.78, 5) is 22.8. The highest BCUT2D eigenvalue weighted by molar-refractivity contribution is 5.74. The quantitative estimate of drug-likeness (QED) is 0.850. The number of carbonyl (C=O) groups excluding carboxylic acids is 2. The third-order valence-electron chi connectivity index (χ3n) is 2.69. The van der Waals surface area contributed by atoms with Crippen LogP contribution in [0.25, 0.3) is 0 Å². The Kier molecular flexibility index (Phi) is 5.10. The number of benzene rings is 1. The maximum absolute atomic E-state index is 11.7. The van der Waals surface area contributed by atoms with Crippen molar-refractivity contribution in [2.24, 2.45) is 0 Å². The molecule has 1 aromatic carbocycles. The lowest BCUT2D eigenvalue weighted by atomic mass is 9.94. The minimum atomic E-state index is -0.600. The summed E-state index contributed by atoms with van der Waals surface area (Å²) < 4.78 is 5.15. The first-order valence-corrected chi connectivity index (χ1v) is 6.33. The Morgan fingerprint density at radius 2 is 1.84 bits per heavy atom. The zero-order valence-corrected chi connectivity index (χ0v) is 11.8. The molecule has 0 aliphatic heterocycles. The normalized spacial score (nSPS) is 14.3. The van der Waals surface area contributed by atoms with Crippen molar-refractivity contribution in [2.75, 3.05) is 0 Å². The van der Waals surface area contributed by atoms with Gasteiger partial charge in [0.1, 0.15) is 11.9 Å². The molecule has 0 fully saturated rings. The molecule has 0 aromatic heterocycles. The molecule has 0 aliphatic carbocycles. The van der Waals surface area contributed by atoms with Gasteiger partial charge < -0.3 is 14.8 Å². The van der Waals surface area contributed by atoms with E-state index in [9.17, 15) is 9.59 Å².